The number of pyridine rings is 1. The molecule has 3 heterocycles. The topological polar surface area (TPSA) is 43.8 Å². The minimum absolute atomic E-state index is 0.377. The second-order valence-corrected chi connectivity index (χ2v) is 8.06. The normalized spacial score (nSPS) is 18.6. The molecule has 0 radical (unpaired) electrons. The van der Waals surface area contributed by atoms with Crippen LogP contribution in [0, 0.1) is 9.52 Å². The van der Waals surface area contributed by atoms with E-state index in [-0.39, 0.29) is 0 Å². The Bertz CT molecular complexity index is 903. The van der Waals surface area contributed by atoms with Gasteiger partial charge in [-0.2, -0.15) is 4.39 Å². The molecule has 0 amide bonds. The summed E-state index contributed by atoms with van der Waals surface area (Å²) in [6.45, 7) is 4.25. The molecule has 1 saturated heterocycles. The van der Waals surface area contributed by atoms with E-state index >= 15 is 0 Å². The molecule has 27 heavy (non-hydrogen) atoms. The fraction of sp³-hybridized carbons (Fsp3) is 0.300. The third-order valence-electron chi connectivity index (χ3n) is 4.92. The van der Waals surface area contributed by atoms with E-state index in [0.29, 0.717) is 18.1 Å². The summed E-state index contributed by atoms with van der Waals surface area (Å²) in [5.41, 5.74) is 3.63. The van der Waals surface area contributed by atoms with Gasteiger partial charge in [0, 0.05) is 42.2 Å². The fourth-order valence-electron chi connectivity index (χ4n) is 3.28. The van der Waals surface area contributed by atoms with Gasteiger partial charge >= 0.3 is 0 Å². The van der Waals surface area contributed by atoms with E-state index in [1.165, 1.54) is 0 Å². The van der Waals surface area contributed by atoms with Crippen molar-refractivity contribution in [1.29, 1.82) is 0 Å². The molecule has 0 aliphatic carbocycles. The lowest BCUT2D eigenvalue weighted by Crippen LogP contribution is -2.44. The van der Waals surface area contributed by atoms with Crippen molar-refractivity contribution in [2.45, 2.75) is 0 Å². The monoisotopic (exact) mass is 477 g/mol. The van der Waals surface area contributed by atoms with Crippen molar-refractivity contribution < 1.29 is 4.39 Å². The van der Waals surface area contributed by atoms with Crippen molar-refractivity contribution in [3.05, 3.63) is 57.2 Å². The second kappa shape index (κ2) is 7.93. The van der Waals surface area contributed by atoms with Crippen LogP contribution in [0.15, 0.2) is 41.5 Å². The van der Waals surface area contributed by atoms with Crippen LogP contribution in [0.3, 0.4) is 0 Å². The van der Waals surface area contributed by atoms with Gasteiger partial charge in [-0.15, -0.1) is 0 Å². The molecular weight excluding hydrogens is 456 g/mol. The van der Waals surface area contributed by atoms with Crippen molar-refractivity contribution in [2.24, 2.45) is 4.99 Å². The number of piperazine rings is 1. The molecule has 7 heteroatoms. The summed E-state index contributed by atoms with van der Waals surface area (Å²) >= 11 is 2.30. The lowest BCUT2D eigenvalue weighted by atomic mass is 9.99. The van der Waals surface area contributed by atoms with Crippen LogP contribution in [0.2, 0.25) is 0 Å². The first-order chi connectivity index (χ1) is 13.1. The summed E-state index contributed by atoms with van der Waals surface area (Å²) < 4.78 is 15.7. The molecule has 4 rings (SSSR count). The highest BCUT2D eigenvalue weighted by atomic mass is 127. The molecule has 1 aromatic carbocycles. The van der Waals surface area contributed by atoms with Gasteiger partial charge in [0.1, 0.15) is 5.82 Å². The maximum Gasteiger partial charge on any atom is 0.238 e. The highest BCUT2D eigenvalue weighted by Crippen LogP contribution is 2.25. The number of hydrogen-bond acceptors (Lipinski definition) is 5. The number of nitrogens with zero attached hydrogens (tertiary/aromatic N) is 4. The number of aromatic nitrogens is 1. The summed E-state index contributed by atoms with van der Waals surface area (Å²) in [5, 5.41) is 3.08. The minimum Gasteiger partial charge on any atom is -0.358 e. The Morgan fingerprint density at radius 3 is 2.74 bits per heavy atom. The highest BCUT2D eigenvalue weighted by Gasteiger charge is 2.17. The predicted molar refractivity (Wildman–Crippen MR) is 117 cm³/mol. The Labute approximate surface area is 172 Å². The molecule has 1 N–H and O–H groups in total. The first kappa shape index (κ1) is 18.4. The van der Waals surface area contributed by atoms with Gasteiger partial charge in [-0.25, -0.2) is 4.98 Å². The van der Waals surface area contributed by atoms with Crippen LogP contribution in [-0.2, 0) is 0 Å². The Hall–Kier alpha value is -2.00. The number of rotatable bonds is 3. The number of fused-ring (bicyclic) bond motifs is 1. The maximum absolute atomic E-state index is 14.5. The predicted octanol–water partition coefficient (Wildman–Crippen LogP) is 3.46. The highest BCUT2D eigenvalue weighted by molar-refractivity contribution is 14.1. The van der Waals surface area contributed by atoms with Crippen LogP contribution in [-0.4, -0.2) is 55.9 Å². The van der Waals surface area contributed by atoms with E-state index in [0.717, 1.165) is 46.4 Å². The average molecular weight is 477 g/mol. The largest absolute Gasteiger partial charge is 0.358 e. The molecule has 2 aliphatic heterocycles. The number of halogens is 2. The standard InChI is InChI=1S/C20H21FIN5/c1-26-6-8-27(9-7-26)19-5-4-18(20(21)25-19)24-13-15-12-23-11-14-2-3-16(22)10-17(14)15/h2-5,10-11,13,24H,6-9,12H2,1H3/b15-13+. The number of nitrogens with one attached hydrogen (secondary N) is 1. The third-order valence-corrected chi connectivity index (χ3v) is 5.59. The molecule has 5 nitrogen and oxygen atoms in total. The van der Waals surface area contributed by atoms with Crippen molar-refractivity contribution in [2.75, 3.05) is 50.0 Å². The number of aliphatic imine (C=N–C) groups is 1. The van der Waals surface area contributed by atoms with E-state index < -0.39 is 5.95 Å². The molecular formula is C20H21FIN5. The lowest BCUT2D eigenvalue weighted by Gasteiger charge is -2.33. The smallest absolute Gasteiger partial charge is 0.238 e. The third kappa shape index (κ3) is 4.14. The van der Waals surface area contributed by atoms with Gasteiger partial charge in [0.15, 0.2) is 0 Å². The van der Waals surface area contributed by atoms with Crippen molar-refractivity contribution in [3.63, 3.8) is 0 Å². The molecule has 1 fully saturated rings. The SMILES string of the molecule is CN1CCN(c2ccc(N/C=C3\CN=Cc4ccc(I)cc43)c(F)n2)CC1. The summed E-state index contributed by atoms with van der Waals surface area (Å²) in [4.78, 5) is 12.9. The average Bonchev–Trinajstić information content (AvgIpc) is 2.67. The maximum atomic E-state index is 14.5. The van der Waals surface area contributed by atoms with E-state index in [2.05, 4.69) is 72.9 Å². The van der Waals surface area contributed by atoms with Crippen LogP contribution < -0.4 is 10.2 Å². The van der Waals surface area contributed by atoms with Gasteiger partial charge in [-0.05, 0) is 70.6 Å². The Kier molecular flexibility index (Phi) is 5.40. The Balaban J connectivity index is 1.51. The second-order valence-electron chi connectivity index (χ2n) is 6.81. The quantitative estimate of drug-likeness (QED) is 0.544. The zero-order chi connectivity index (χ0) is 18.8. The summed E-state index contributed by atoms with van der Waals surface area (Å²) in [6, 6.07) is 9.88. The van der Waals surface area contributed by atoms with Crippen LogP contribution in [0.5, 0.6) is 0 Å². The first-order valence-corrected chi connectivity index (χ1v) is 10.0. The number of benzene rings is 1. The van der Waals surface area contributed by atoms with Crippen LogP contribution >= 0.6 is 22.6 Å². The summed E-state index contributed by atoms with van der Waals surface area (Å²) in [7, 11) is 2.10. The van der Waals surface area contributed by atoms with E-state index in [4.69, 9.17) is 0 Å². The van der Waals surface area contributed by atoms with Crippen molar-refractivity contribution in [3.8, 4) is 0 Å². The van der Waals surface area contributed by atoms with Gasteiger partial charge in [0.25, 0.3) is 0 Å². The van der Waals surface area contributed by atoms with Gasteiger partial charge < -0.3 is 15.1 Å². The fourth-order valence-corrected chi connectivity index (χ4v) is 3.77. The van der Waals surface area contributed by atoms with Gasteiger partial charge in [0.2, 0.25) is 5.95 Å². The molecule has 140 valence electrons. The number of anilines is 2. The van der Waals surface area contributed by atoms with Crippen LogP contribution in [0.4, 0.5) is 15.9 Å². The lowest BCUT2D eigenvalue weighted by molar-refractivity contribution is 0.311. The number of likely N-dealkylation sites (N-methyl/N-ethyl adjacent to an activating group) is 1. The van der Waals surface area contributed by atoms with Gasteiger partial charge in [-0.3, -0.25) is 4.99 Å². The van der Waals surface area contributed by atoms with Crippen molar-refractivity contribution >= 4 is 45.9 Å². The van der Waals surface area contributed by atoms with E-state index in [9.17, 15) is 4.39 Å². The first-order valence-electron chi connectivity index (χ1n) is 8.95. The molecule has 0 bridgehead atoms. The molecule has 2 aliphatic rings. The van der Waals surface area contributed by atoms with Crippen LogP contribution in [0.25, 0.3) is 5.57 Å². The molecule has 0 saturated carbocycles. The zero-order valence-electron chi connectivity index (χ0n) is 15.1. The number of hydrogen-bond donors (Lipinski definition) is 1. The van der Waals surface area contributed by atoms with Gasteiger partial charge in [-0.1, -0.05) is 6.07 Å². The molecule has 2 aromatic rings. The van der Waals surface area contributed by atoms with E-state index in [1.54, 1.807) is 6.07 Å². The zero-order valence-corrected chi connectivity index (χ0v) is 17.3. The summed E-state index contributed by atoms with van der Waals surface area (Å²) in [5.74, 6) is 0.214. The Morgan fingerprint density at radius 2 is 1.96 bits per heavy atom. The minimum atomic E-state index is -0.481. The van der Waals surface area contributed by atoms with Crippen molar-refractivity contribution in [1.82, 2.24) is 9.88 Å². The Morgan fingerprint density at radius 1 is 1.15 bits per heavy atom. The summed E-state index contributed by atoms with van der Waals surface area (Å²) in [6.07, 6.45) is 3.72. The van der Waals surface area contributed by atoms with Crippen LogP contribution in [0.1, 0.15) is 11.1 Å². The molecule has 0 spiro atoms. The van der Waals surface area contributed by atoms with E-state index in [1.807, 2.05) is 18.5 Å². The molecule has 1 aromatic heterocycles. The van der Waals surface area contributed by atoms with Gasteiger partial charge in [0.05, 0.1) is 12.2 Å². The molecule has 0 atom stereocenters. The molecule has 0 unspecified atom stereocenters.